The number of anilines is 1. The predicted molar refractivity (Wildman–Crippen MR) is 113 cm³/mol. The number of hydrogen-bond donors (Lipinski definition) is 1. The number of fused-ring (bicyclic) bond motifs is 1. The van der Waals surface area contributed by atoms with Crippen molar-refractivity contribution < 1.29 is 18.3 Å². The van der Waals surface area contributed by atoms with Gasteiger partial charge in [0.1, 0.15) is 0 Å². The third-order valence-corrected chi connectivity index (χ3v) is 7.04. The minimum absolute atomic E-state index is 0. The second-order valence-corrected chi connectivity index (χ2v) is 9.11. The maximum Gasteiger partial charge on any atom is 0.331 e. The van der Waals surface area contributed by atoms with Gasteiger partial charge in [-0.25, -0.2) is 13.2 Å². The van der Waals surface area contributed by atoms with Crippen LogP contribution in [0.3, 0.4) is 0 Å². The number of hydrogen-bond acceptors (Lipinski definition) is 4. The summed E-state index contributed by atoms with van der Waals surface area (Å²) in [6.45, 7) is 2.16. The number of sulfone groups is 1. The molecule has 0 saturated carbocycles. The molecule has 1 fully saturated rings. The van der Waals surface area contributed by atoms with E-state index in [0.717, 1.165) is 24.2 Å². The molecule has 0 radical (unpaired) electrons. The fourth-order valence-electron chi connectivity index (χ4n) is 3.75. The monoisotopic (exact) mass is 419 g/mol. The Morgan fingerprint density at radius 1 is 0.964 bits per heavy atom. The fraction of sp³-hybridized carbons (Fsp3) is 0.286. The number of carboxylic acid groups (broad SMARTS) is 1. The smallest absolute Gasteiger partial charge is 0.331 e. The molecule has 0 aliphatic carbocycles. The number of aliphatic carboxylic acids is 1. The third-order valence-electron chi connectivity index (χ3n) is 5.26. The molecule has 0 amide bonds. The van der Waals surface area contributed by atoms with Gasteiger partial charge in [0.25, 0.3) is 0 Å². The number of carbonyl (C=O) groups is 1. The molecule has 2 aromatic rings. The van der Waals surface area contributed by atoms with Gasteiger partial charge in [0.05, 0.1) is 10.6 Å². The number of carboxylic acids is 1. The van der Waals surface area contributed by atoms with Crippen molar-refractivity contribution in [3.8, 4) is 11.1 Å². The molecule has 0 aromatic heterocycles. The minimum atomic E-state index is -3.48. The predicted octanol–water partition coefficient (Wildman–Crippen LogP) is 4.02. The summed E-state index contributed by atoms with van der Waals surface area (Å²) >= 11 is 0. The second kappa shape index (κ2) is 7.97. The number of rotatable bonds is 3. The van der Waals surface area contributed by atoms with Gasteiger partial charge in [-0.2, -0.15) is 0 Å². The van der Waals surface area contributed by atoms with Crippen LogP contribution in [0.1, 0.15) is 24.8 Å². The van der Waals surface area contributed by atoms with E-state index in [-0.39, 0.29) is 35.0 Å². The van der Waals surface area contributed by atoms with Crippen molar-refractivity contribution in [2.24, 2.45) is 0 Å². The summed E-state index contributed by atoms with van der Waals surface area (Å²) in [5, 5.41) is 9.31. The first-order valence-corrected chi connectivity index (χ1v) is 10.8. The van der Waals surface area contributed by atoms with E-state index in [0.29, 0.717) is 5.56 Å². The molecule has 148 valence electrons. The first kappa shape index (κ1) is 20.4. The maximum absolute atomic E-state index is 12.5. The molecule has 2 aliphatic heterocycles. The third kappa shape index (κ3) is 3.93. The Bertz CT molecular complexity index is 1020. The average Bonchev–Trinajstić information content (AvgIpc) is 3.15. The molecular formula is C21H22ClNO4S. The van der Waals surface area contributed by atoms with E-state index in [1.807, 2.05) is 12.1 Å². The van der Waals surface area contributed by atoms with Crippen LogP contribution in [-0.2, 0) is 14.6 Å². The lowest BCUT2D eigenvalue weighted by Gasteiger charge is -2.18. The SMILES string of the molecule is Cl.O=C(O)C1=Cc2cc(-c3ccc(N4CCCC4)cc3)ccc2S(=O)(=O)CC1. The number of nitrogens with zero attached hydrogens (tertiary/aromatic N) is 1. The second-order valence-electron chi connectivity index (χ2n) is 7.04. The van der Waals surface area contributed by atoms with Gasteiger partial charge >= 0.3 is 5.97 Å². The first-order chi connectivity index (χ1) is 12.9. The lowest BCUT2D eigenvalue weighted by atomic mass is 10.0. The zero-order valence-corrected chi connectivity index (χ0v) is 16.9. The number of benzene rings is 2. The largest absolute Gasteiger partial charge is 0.478 e. The molecule has 1 saturated heterocycles. The molecule has 2 aromatic carbocycles. The summed E-state index contributed by atoms with van der Waals surface area (Å²) in [7, 11) is -3.48. The molecule has 2 aliphatic rings. The fourth-order valence-corrected chi connectivity index (χ4v) is 5.21. The lowest BCUT2D eigenvalue weighted by Crippen LogP contribution is -2.17. The van der Waals surface area contributed by atoms with E-state index in [1.54, 1.807) is 18.2 Å². The highest BCUT2D eigenvalue weighted by molar-refractivity contribution is 7.91. The highest BCUT2D eigenvalue weighted by Gasteiger charge is 2.24. The molecule has 4 rings (SSSR count). The van der Waals surface area contributed by atoms with E-state index in [2.05, 4.69) is 17.0 Å². The van der Waals surface area contributed by atoms with E-state index in [4.69, 9.17) is 0 Å². The van der Waals surface area contributed by atoms with Crippen molar-refractivity contribution in [2.75, 3.05) is 23.7 Å². The molecule has 2 heterocycles. The van der Waals surface area contributed by atoms with Gasteiger partial charge in [0.2, 0.25) is 0 Å². The quantitative estimate of drug-likeness (QED) is 0.813. The zero-order valence-electron chi connectivity index (χ0n) is 15.3. The highest BCUT2D eigenvalue weighted by atomic mass is 35.5. The van der Waals surface area contributed by atoms with Crippen LogP contribution >= 0.6 is 12.4 Å². The highest BCUT2D eigenvalue weighted by Crippen LogP contribution is 2.32. The summed E-state index contributed by atoms with van der Waals surface area (Å²) < 4.78 is 24.9. The number of halogens is 1. The van der Waals surface area contributed by atoms with E-state index < -0.39 is 15.8 Å². The van der Waals surface area contributed by atoms with Crippen LogP contribution in [0.4, 0.5) is 5.69 Å². The van der Waals surface area contributed by atoms with Gasteiger partial charge in [0.15, 0.2) is 9.84 Å². The van der Waals surface area contributed by atoms with Crippen molar-refractivity contribution >= 4 is 40.0 Å². The van der Waals surface area contributed by atoms with Crippen LogP contribution in [0.5, 0.6) is 0 Å². The first-order valence-electron chi connectivity index (χ1n) is 9.10. The van der Waals surface area contributed by atoms with E-state index in [9.17, 15) is 18.3 Å². The van der Waals surface area contributed by atoms with Crippen LogP contribution < -0.4 is 4.90 Å². The van der Waals surface area contributed by atoms with Gasteiger partial charge in [-0.15, -0.1) is 12.4 Å². The van der Waals surface area contributed by atoms with Gasteiger partial charge in [-0.1, -0.05) is 18.2 Å². The van der Waals surface area contributed by atoms with E-state index in [1.165, 1.54) is 24.6 Å². The maximum atomic E-state index is 12.5. The molecule has 5 nitrogen and oxygen atoms in total. The standard InChI is InChI=1S/C21H21NO4S.ClH/c23-21(24)17-9-12-27(25,26)20-8-5-16(13-18(20)14-17)15-3-6-19(7-4-15)22-10-1-2-11-22;/h3-8,13-14H,1-2,9-12H2,(H,23,24);1H. The van der Waals surface area contributed by atoms with Crippen LogP contribution in [0, 0.1) is 0 Å². The molecular weight excluding hydrogens is 398 g/mol. The van der Waals surface area contributed by atoms with Crippen LogP contribution in [0.15, 0.2) is 52.9 Å². The van der Waals surface area contributed by atoms with Gasteiger partial charge < -0.3 is 10.0 Å². The zero-order chi connectivity index (χ0) is 19.0. The summed E-state index contributed by atoms with van der Waals surface area (Å²) in [6, 6.07) is 13.4. The molecule has 0 spiro atoms. The van der Waals surface area contributed by atoms with Crippen molar-refractivity contribution in [3.63, 3.8) is 0 Å². The Kier molecular flexibility index (Phi) is 5.82. The van der Waals surface area contributed by atoms with Crippen molar-refractivity contribution in [1.29, 1.82) is 0 Å². The van der Waals surface area contributed by atoms with Crippen LogP contribution in [0.25, 0.3) is 17.2 Å². The Morgan fingerprint density at radius 3 is 2.25 bits per heavy atom. The minimum Gasteiger partial charge on any atom is -0.478 e. The topological polar surface area (TPSA) is 74.7 Å². The lowest BCUT2D eigenvalue weighted by molar-refractivity contribution is -0.132. The van der Waals surface area contributed by atoms with Crippen molar-refractivity contribution in [1.82, 2.24) is 0 Å². The summed E-state index contributed by atoms with van der Waals surface area (Å²) in [5.41, 5.74) is 3.62. The van der Waals surface area contributed by atoms with Crippen molar-refractivity contribution in [3.05, 3.63) is 53.6 Å². The molecule has 7 heteroatoms. The summed E-state index contributed by atoms with van der Waals surface area (Å²) in [5.74, 6) is -1.25. The van der Waals surface area contributed by atoms with Gasteiger partial charge in [0, 0.05) is 24.4 Å². The van der Waals surface area contributed by atoms with Crippen molar-refractivity contribution in [2.45, 2.75) is 24.2 Å². The normalized spacial score (nSPS) is 17.9. The molecule has 1 N–H and O–H groups in total. The molecule has 0 atom stereocenters. The van der Waals surface area contributed by atoms with Gasteiger partial charge in [-0.05, 0) is 66.3 Å². The Morgan fingerprint density at radius 2 is 1.61 bits per heavy atom. The van der Waals surface area contributed by atoms with Gasteiger partial charge in [-0.3, -0.25) is 0 Å². The average molecular weight is 420 g/mol. The molecule has 0 bridgehead atoms. The van der Waals surface area contributed by atoms with E-state index >= 15 is 0 Å². The summed E-state index contributed by atoms with van der Waals surface area (Å²) in [4.78, 5) is 13.9. The molecule has 28 heavy (non-hydrogen) atoms. The Hall–Kier alpha value is -2.31. The van der Waals surface area contributed by atoms with Crippen LogP contribution in [-0.4, -0.2) is 38.3 Å². The van der Waals surface area contributed by atoms with Crippen LogP contribution in [0.2, 0.25) is 0 Å². The Labute approximate surface area is 171 Å². The Balaban J connectivity index is 0.00000225. The molecule has 0 unspecified atom stereocenters. The summed E-state index contributed by atoms with van der Waals surface area (Å²) in [6.07, 6.45) is 3.95.